The molecule has 0 saturated carbocycles. The van der Waals surface area contributed by atoms with Crippen LogP contribution >= 0.6 is 0 Å². The second-order valence-corrected chi connectivity index (χ2v) is 5.27. The molecule has 3 rings (SSSR count). The van der Waals surface area contributed by atoms with Crippen LogP contribution in [0.3, 0.4) is 0 Å². The van der Waals surface area contributed by atoms with Crippen molar-refractivity contribution in [3.05, 3.63) is 36.3 Å². The number of aromatic nitrogens is 3. The number of nitrogens with zero attached hydrogens (tertiary/aromatic N) is 4. The van der Waals surface area contributed by atoms with Crippen LogP contribution in [0.1, 0.15) is 16.8 Å². The molecule has 0 bridgehead atoms. The summed E-state index contributed by atoms with van der Waals surface area (Å²) in [5.74, 6) is 1.18. The summed E-state index contributed by atoms with van der Waals surface area (Å²) in [6, 6.07) is 3.37. The van der Waals surface area contributed by atoms with Gasteiger partial charge in [-0.3, -0.25) is 9.78 Å². The number of methoxy groups -OCH3 is 2. The van der Waals surface area contributed by atoms with Gasteiger partial charge in [0, 0.05) is 25.2 Å². The van der Waals surface area contributed by atoms with E-state index in [0.29, 0.717) is 36.3 Å². The minimum Gasteiger partial charge on any atom is -0.481 e. The Hall–Kier alpha value is -2.90. The number of pyridine rings is 1. The van der Waals surface area contributed by atoms with Crippen LogP contribution in [0, 0.1) is 0 Å². The van der Waals surface area contributed by atoms with E-state index in [1.165, 1.54) is 32.8 Å². The van der Waals surface area contributed by atoms with Crippen LogP contribution in [-0.2, 0) is 0 Å². The second kappa shape index (κ2) is 7.12. The van der Waals surface area contributed by atoms with Crippen LogP contribution in [0.4, 0.5) is 0 Å². The third-order valence-electron chi connectivity index (χ3n) is 3.71. The zero-order valence-electron chi connectivity index (χ0n) is 13.5. The first-order valence-electron chi connectivity index (χ1n) is 7.51. The Bertz CT molecular complexity index is 707. The first-order chi connectivity index (χ1) is 11.7. The first kappa shape index (κ1) is 16.0. The normalized spacial score (nSPS) is 16.8. The van der Waals surface area contributed by atoms with Crippen LogP contribution < -0.4 is 14.2 Å². The van der Waals surface area contributed by atoms with E-state index in [-0.39, 0.29) is 12.0 Å². The average molecular weight is 330 g/mol. The molecule has 0 spiro atoms. The van der Waals surface area contributed by atoms with Gasteiger partial charge in [-0.25, -0.2) is 4.98 Å². The molecule has 0 N–H and O–H groups in total. The molecule has 1 amide bonds. The van der Waals surface area contributed by atoms with Crippen molar-refractivity contribution in [1.29, 1.82) is 0 Å². The van der Waals surface area contributed by atoms with Crippen molar-refractivity contribution in [1.82, 2.24) is 19.9 Å². The number of hydrogen-bond donors (Lipinski definition) is 0. The zero-order valence-corrected chi connectivity index (χ0v) is 13.5. The van der Waals surface area contributed by atoms with Crippen LogP contribution in [-0.4, -0.2) is 59.2 Å². The molecule has 3 heterocycles. The van der Waals surface area contributed by atoms with Gasteiger partial charge in [-0.2, -0.15) is 4.98 Å². The molecule has 1 saturated heterocycles. The summed E-state index contributed by atoms with van der Waals surface area (Å²) in [5, 5.41) is 0. The van der Waals surface area contributed by atoms with Gasteiger partial charge < -0.3 is 19.1 Å². The van der Waals surface area contributed by atoms with Crippen LogP contribution in [0.5, 0.6) is 17.6 Å². The molecule has 2 aromatic rings. The molecule has 8 nitrogen and oxygen atoms in total. The summed E-state index contributed by atoms with van der Waals surface area (Å²) in [5.41, 5.74) is 0.526. The monoisotopic (exact) mass is 330 g/mol. The second-order valence-electron chi connectivity index (χ2n) is 5.27. The maximum absolute atomic E-state index is 12.5. The van der Waals surface area contributed by atoms with Gasteiger partial charge in [0.2, 0.25) is 17.6 Å². The highest BCUT2D eigenvalue weighted by Crippen LogP contribution is 2.20. The quantitative estimate of drug-likeness (QED) is 0.813. The highest BCUT2D eigenvalue weighted by molar-refractivity contribution is 5.94. The lowest BCUT2D eigenvalue weighted by atomic mass is 10.2. The average Bonchev–Trinajstić information content (AvgIpc) is 3.09. The van der Waals surface area contributed by atoms with Gasteiger partial charge in [-0.1, -0.05) is 0 Å². The number of carbonyl (C=O) groups is 1. The standard InChI is InChI=1S/C16H18N4O4/c1-22-13-4-3-11(7-18-13)16(21)20-6-5-12(10-20)24-15-9-17-8-14(19-15)23-2/h3-4,7-9,12H,5-6,10H2,1-2H3. The first-order valence-corrected chi connectivity index (χ1v) is 7.51. The van der Waals surface area contributed by atoms with Gasteiger partial charge in [0.05, 0.1) is 38.7 Å². The van der Waals surface area contributed by atoms with Gasteiger partial charge in [0.1, 0.15) is 6.10 Å². The van der Waals surface area contributed by atoms with Crippen LogP contribution in [0.25, 0.3) is 0 Å². The molecule has 126 valence electrons. The number of amides is 1. The Morgan fingerprint density at radius 1 is 1.12 bits per heavy atom. The molecule has 0 aliphatic carbocycles. The highest BCUT2D eigenvalue weighted by Gasteiger charge is 2.28. The number of carbonyl (C=O) groups excluding carboxylic acids is 1. The zero-order chi connectivity index (χ0) is 16.9. The molecule has 1 atom stereocenters. The van der Waals surface area contributed by atoms with Crippen molar-refractivity contribution in [3.63, 3.8) is 0 Å². The Kier molecular flexibility index (Phi) is 4.74. The van der Waals surface area contributed by atoms with Gasteiger partial charge in [0.15, 0.2) is 0 Å². The van der Waals surface area contributed by atoms with Gasteiger partial charge >= 0.3 is 0 Å². The van der Waals surface area contributed by atoms with E-state index in [9.17, 15) is 4.79 Å². The number of hydrogen-bond acceptors (Lipinski definition) is 7. The molecule has 1 unspecified atom stereocenters. The van der Waals surface area contributed by atoms with Crippen LogP contribution in [0.15, 0.2) is 30.7 Å². The number of rotatable bonds is 5. The largest absolute Gasteiger partial charge is 0.481 e. The van der Waals surface area contributed by atoms with Crippen molar-refractivity contribution in [3.8, 4) is 17.6 Å². The topological polar surface area (TPSA) is 86.7 Å². The minimum atomic E-state index is -0.124. The molecule has 0 aromatic carbocycles. The highest BCUT2D eigenvalue weighted by atomic mass is 16.5. The van der Waals surface area contributed by atoms with E-state index in [1.807, 2.05) is 0 Å². The minimum absolute atomic E-state index is 0.0759. The number of likely N-dealkylation sites (tertiary alicyclic amines) is 1. The van der Waals surface area contributed by atoms with Crippen molar-refractivity contribution >= 4 is 5.91 Å². The molecule has 8 heteroatoms. The van der Waals surface area contributed by atoms with Gasteiger partial charge in [-0.15, -0.1) is 0 Å². The van der Waals surface area contributed by atoms with E-state index < -0.39 is 0 Å². The Balaban J connectivity index is 1.60. The Morgan fingerprint density at radius 2 is 1.92 bits per heavy atom. The smallest absolute Gasteiger partial charge is 0.255 e. The van der Waals surface area contributed by atoms with Crippen molar-refractivity contribution in [2.24, 2.45) is 0 Å². The lowest BCUT2D eigenvalue weighted by Crippen LogP contribution is -2.31. The van der Waals surface area contributed by atoms with Crippen molar-refractivity contribution in [2.75, 3.05) is 27.3 Å². The van der Waals surface area contributed by atoms with E-state index in [1.54, 1.807) is 17.0 Å². The summed E-state index contributed by atoms with van der Waals surface area (Å²) in [6.45, 7) is 1.11. The molecular weight excluding hydrogens is 312 g/mol. The molecule has 2 aromatic heterocycles. The maximum Gasteiger partial charge on any atom is 0.255 e. The summed E-state index contributed by atoms with van der Waals surface area (Å²) in [7, 11) is 3.06. The SMILES string of the molecule is COc1ccc(C(=O)N2CCC(Oc3cncc(OC)n3)C2)cn1. The van der Waals surface area contributed by atoms with Gasteiger partial charge in [-0.05, 0) is 6.07 Å². The third-order valence-corrected chi connectivity index (χ3v) is 3.71. The van der Waals surface area contributed by atoms with E-state index >= 15 is 0 Å². The fraction of sp³-hybridized carbons (Fsp3) is 0.375. The fourth-order valence-corrected chi connectivity index (χ4v) is 2.48. The van der Waals surface area contributed by atoms with E-state index in [2.05, 4.69) is 15.0 Å². The Labute approximate surface area is 139 Å². The van der Waals surface area contributed by atoms with E-state index in [0.717, 1.165) is 6.42 Å². The molecule has 1 aliphatic heterocycles. The van der Waals surface area contributed by atoms with E-state index in [4.69, 9.17) is 14.2 Å². The van der Waals surface area contributed by atoms with Crippen molar-refractivity contribution < 1.29 is 19.0 Å². The molecule has 0 radical (unpaired) electrons. The maximum atomic E-state index is 12.5. The molecular formula is C16H18N4O4. The Morgan fingerprint density at radius 3 is 2.62 bits per heavy atom. The third kappa shape index (κ3) is 3.53. The molecule has 1 fully saturated rings. The van der Waals surface area contributed by atoms with Gasteiger partial charge in [0.25, 0.3) is 5.91 Å². The fourth-order valence-electron chi connectivity index (χ4n) is 2.48. The molecule has 1 aliphatic rings. The molecule has 24 heavy (non-hydrogen) atoms. The lowest BCUT2D eigenvalue weighted by molar-refractivity contribution is 0.0770. The number of ether oxygens (including phenoxy) is 3. The lowest BCUT2D eigenvalue weighted by Gasteiger charge is -2.17. The van der Waals surface area contributed by atoms with Crippen molar-refractivity contribution in [2.45, 2.75) is 12.5 Å². The predicted molar refractivity (Wildman–Crippen MR) is 84.3 cm³/mol. The van der Waals surface area contributed by atoms with Crippen LogP contribution in [0.2, 0.25) is 0 Å². The summed E-state index contributed by atoms with van der Waals surface area (Å²) >= 11 is 0. The predicted octanol–water partition coefficient (Wildman–Crippen LogP) is 1.18. The summed E-state index contributed by atoms with van der Waals surface area (Å²) < 4.78 is 15.8. The summed E-state index contributed by atoms with van der Waals surface area (Å²) in [6.07, 6.45) is 5.16. The summed E-state index contributed by atoms with van der Waals surface area (Å²) in [4.78, 5) is 26.5.